The fourth-order valence-electron chi connectivity index (χ4n) is 4.62. The van der Waals surface area contributed by atoms with E-state index in [-0.39, 0.29) is 29.7 Å². The lowest BCUT2D eigenvalue weighted by Crippen LogP contribution is -2.61. The SMILES string of the molecule is COc1cc(C(=O)N2CCC3(c4ccccc4)CC2C3)ccc1OCCOC(F)(F)F. The third-order valence-electron chi connectivity index (χ3n) is 6.19. The molecule has 0 N–H and O–H groups in total. The first-order valence-corrected chi connectivity index (χ1v) is 10.2. The molecule has 2 heterocycles. The van der Waals surface area contributed by atoms with Crippen LogP contribution in [0.1, 0.15) is 35.2 Å². The van der Waals surface area contributed by atoms with Crippen LogP contribution in [0.4, 0.5) is 13.2 Å². The number of carbonyl (C=O) groups is 1. The molecule has 3 fully saturated rings. The molecule has 0 spiro atoms. The van der Waals surface area contributed by atoms with E-state index in [9.17, 15) is 18.0 Å². The van der Waals surface area contributed by atoms with Gasteiger partial charge in [0.05, 0.1) is 13.7 Å². The molecule has 3 aliphatic rings. The quantitative estimate of drug-likeness (QED) is 0.599. The van der Waals surface area contributed by atoms with Gasteiger partial charge in [0.1, 0.15) is 6.61 Å². The molecule has 31 heavy (non-hydrogen) atoms. The monoisotopic (exact) mass is 435 g/mol. The maximum absolute atomic E-state index is 13.1. The highest BCUT2D eigenvalue weighted by Crippen LogP contribution is 2.52. The van der Waals surface area contributed by atoms with Gasteiger partial charge in [-0.15, -0.1) is 13.2 Å². The van der Waals surface area contributed by atoms with Crippen LogP contribution in [0.15, 0.2) is 48.5 Å². The average molecular weight is 435 g/mol. The third kappa shape index (κ3) is 4.49. The Labute approximate surface area is 178 Å². The molecule has 166 valence electrons. The minimum absolute atomic E-state index is 0.0726. The van der Waals surface area contributed by atoms with Crippen molar-refractivity contribution in [3.8, 4) is 11.5 Å². The van der Waals surface area contributed by atoms with Gasteiger partial charge >= 0.3 is 6.36 Å². The number of alkyl halides is 3. The summed E-state index contributed by atoms with van der Waals surface area (Å²) in [5.74, 6) is 0.480. The van der Waals surface area contributed by atoms with Crippen molar-refractivity contribution in [3.63, 3.8) is 0 Å². The zero-order chi connectivity index (χ0) is 22.1. The van der Waals surface area contributed by atoms with Crippen molar-refractivity contribution < 1.29 is 32.2 Å². The number of hydrogen-bond acceptors (Lipinski definition) is 4. The summed E-state index contributed by atoms with van der Waals surface area (Å²) in [6.45, 7) is -0.237. The second-order valence-corrected chi connectivity index (χ2v) is 7.97. The van der Waals surface area contributed by atoms with Gasteiger partial charge in [0.25, 0.3) is 5.91 Å². The Kier molecular flexibility index (Phi) is 5.83. The number of rotatable bonds is 7. The fourth-order valence-corrected chi connectivity index (χ4v) is 4.62. The minimum Gasteiger partial charge on any atom is -0.493 e. The largest absolute Gasteiger partial charge is 0.522 e. The predicted molar refractivity (Wildman–Crippen MR) is 107 cm³/mol. The molecule has 2 aromatic rings. The number of piperidine rings is 2. The lowest BCUT2D eigenvalue weighted by molar-refractivity contribution is -0.325. The Bertz CT molecular complexity index is 921. The molecule has 8 heteroatoms. The van der Waals surface area contributed by atoms with Crippen LogP contribution < -0.4 is 9.47 Å². The van der Waals surface area contributed by atoms with E-state index in [2.05, 4.69) is 29.0 Å². The zero-order valence-corrected chi connectivity index (χ0v) is 17.2. The molecule has 2 aliphatic heterocycles. The minimum atomic E-state index is -4.70. The van der Waals surface area contributed by atoms with Crippen molar-refractivity contribution in [2.24, 2.45) is 0 Å². The summed E-state index contributed by atoms with van der Waals surface area (Å²) in [5, 5.41) is 0. The van der Waals surface area contributed by atoms with Crippen LogP contribution in [-0.4, -0.2) is 50.1 Å². The van der Waals surface area contributed by atoms with E-state index in [0.717, 1.165) is 19.3 Å². The summed E-state index contributed by atoms with van der Waals surface area (Å²) >= 11 is 0. The lowest BCUT2D eigenvalue weighted by atomic mass is 9.57. The van der Waals surface area contributed by atoms with E-state index in [1.165, 1.54) is 12.7 Å². The molecule has 5 nitrogen and oxygen atoms in total. The van der Waals surface area contributed by atoms with E-state index in [1.54, 1.807) is 18.2 Å². The van der Waals surface area contributed by atoms with Crippen molar-refractivity contribution in [2.75, 3.05) is 26.9 Å². The molecule has 5 rings (SSSR count). The molecule has 2 aromatic carbocycles. The second-order valence-electron chi connectivity index (χ2n) is 7.97. The molecular weight excluding hydrogens is 411 g/mol. The molecule has 0 aromatic heterocycles. The van der Waals surface area contributed by atoms with Crippen molar-refractivity contribution in [2.45, 2.75) is 37.1 Å². The normalized spacial score (nSPS) is 22.6. The first kappa shape index (κ1) is 21.5. The summed E-state index contributed by atoms with van der Waals surface area (Å²) in [4.78, 5) is 15.0. The van der Waals surface area contributed by atoms with Crippen molar-refractivity contribution >= 4 is 5.91 Å². The summed E-state index contributed by atoms with van der Waals surface area (Å²) < 4.78 is 50.5. The highest BCUT2D eigenvalue weighted by atomic mass is 19.4. The molecule has 0 atom stereocenters. The van der Waals surface area contributed by atoms with Crippen molar-refractivity contribution in [1.82, 2.24) is 4.90 Å². The predicted octanol–water partition coefficient (Wildman–Crippen LogP) is 4.56. The highest BCUT2D eigenvalue weighted by Gasteiger charge is 2.52. The maximum Gasteiger partial charge on any atom is 0.522 e. The highest BCUT2D eigenvalue weighted by molar-refractivity contribution is 5.95. The maximum atomic E-state index is 13.1. The smallest absolute Gasteiger partial charge is 0.493 e. The average Bonchev–Trinajstić information content (AvgIpc) is 2.75. The van der Waals surface area contributed by atoms with Gasteiger partial charge in [0.2, 0.25) is 0 Å². The van der Waals surface area contributed by atoms with Gasteiger partial charge in [-0.05, 0) is 43.0 Å². The number of amides is 1. The van der Waals surface area contributed by atoms with Crippen LogP contribution in [0.25, 0.3) is 0 Å². The molecule has 1 amide bonds. The molecule has 2 bridgehead atoms. The van der Waals surface area contributed by atoms with Gasteiger partial charge in [-0.2, -0.15) is 0 Å². The Morgan fingerprint density at radius 1 is 1.10 bits per heavy atom. The Hall–Kier alpha value is -2.74. The summed E-state index contributed by atoms with van der Waals surface area (Å²) in [6.07, 6.45) is -1.85. The standard InChI is InChI=1S/C23H24F3NO4/c1-29-20-13-16(7-8-19(20)30-11-12-31-23(24,25)26)21(28)27-10-9-22(14-18(27)15-22)17-5-3-2-4-6-17/h2-8,13,18H,9-12,14-15H2,1H3. The molecule has 0 unspecified atom stereocenters. The van der Waals surface area contributed by atoms with Gasteiger partial charge in [0.15, 0.2) is 11.5 Å². The van der Waals surface area contributed by atoms with E-state index < -0.39 is 13.0 Å². The number of benzene rings is 2. The van der Waals surface area contributed by atoms with Crippen LogP contribution in [0.3, 0.4) is 0 Å². The first-order valence-electron chi connectivity index (χ1n) is 10.2. The van der Waals surface area contributed by atoms with Gasteiger partial charge in [-0.1, -0.05) is 30.3 Å². The summed E-state index contributed by atoms with van der Waals surface area (Å²) in [7, 11) is 1.42. The van der Waals surface area contributed by atoms with E-state index in [4.69, 9.17) is 9.47 Å². The first-order chi connectivity index (χ1) is 14.8. The van der Waals surface area contributed by atoms with Crippen molar-refractivity contribution in [3.05, 3.63) is 59.7 Å². The molecule has 1 saturated carbocycles. The third-order valence-corrected chi connectivity index (χ3v) is 6.19. The molecule has 0 radical (unpaired) electrons. The Morgan fingerprint density at radius 2 is 1.84 bits per heavy atom. The second kappa shape index (κ2) is 8.42. The lowest BCUT2D eigenvalue weighted by Gasteiger charge is -2.58. The van der Waals surface area contributed by atoms with E-state index in [1.807, 2.05) is 11.0 Å². The van der Waals surface area contributed by atoms with Crippen LogP contribution in [0.2, 0.25) is 0 Å². The van der Waals surface area contributed by atoms with Crippen LogP contribution in [0.5, 0.6) is 11.5 Å². The van der Waals surface area contributed by atoms with E-state index >= 15 is 0 Å². The number of methoxy groups -OCH3 is 1. The number of carbonyl (C=O) groups excluding carboxylic acids is 1. The molecular formula is C23H24F3NO4. The topological polar surface area (TPSA) is 48.0 Å². The van der Waals surface area contributed by atoms with Gasteiger partial charge in [-0.25, -0.2) is 0 Å². The summed E-state index contributed by atoms with van der Waals surface area (Å²) in [5.41, 5.74) is 1.99. The molecule has 2 saturated heterocycles. The van der Waals surface area contributed by atoms with Crippen molar-refractivity contribution in [1.29, 1.82) is 0 Å². The Morgan fingerprint density at radius 3 is 2.45 bits per heavy atom. The Balaban J connectivity index is 1.38. The zero-order valence-electron chi connectivity index (χ0n) is 17.2. The summed E-state index contributed by atoms with van der Waals surface area (Å²) in [6, 6.07) is 15.4. The number of ether oxygens (including phenoxy) is 3. The fraction of sp³-hybridized carbons (Fsp3) is 0.435. The van der Waals surface area contributed by atoms with E-state index in [0.29, 0.717) is 17.9 Å². The number of halogens is 3. The number of hydrogen-bond donors (Lipinski definition) is 0. The van der Waals surface area contributed by atoms with Crippen LogP contribution >= 0.6 is 0 Å². The van der Waals surface area contributed by atoms with Crippen LogP contribution in [-0.2, 0) is 10.2 Å². The van der Waals surface area contributed by atoms with Gasteiger partial charge < -0.3 is 14.4 Å². The van der Waals surface area contributed by atoms with Gasteiger partial charge in [-0.3, -0.25) is 9.53 Å². The number of nitrogens with zero attached hydrogens (tertiary/aromatic N) is 1. The van der Waals surface area contributed by atoms with Crippen LogP contribution in [0, 0.1) is 0 Å². The molecule has 1 aliphatic carbocycles. The van der Waals surface area contributed by atoms with Gasteiger partial charge in [0, 0.05) is 23.6 Å². The number of fused-ring (bicyclic) bond motifs is 2.